The summed E-state index contributed by atoms with van der Waals surface area (Å²) >= 11 is 0. The van der Waals surface area contributed by atoms with Crippen LogP contribution in [0.15, 0.2) is 42.7 Å². The molecule has 8 nitrogen and oxygen atoms in total. The van der Waals surface area contributed by atoms with Crippen molar-refractivity contribution in [3.05, 3.63) is 48.3 Å². The number of esters is 1. The molecular weight excluding hydrogens is 338 g/mol. The van der Waals surface area contributed by atoms with Gasteiger partial charge in [0.1, 0.15) is 6.04 Å². The van der Waals surface area contributed by atoms with Crippen LogP contribution in [0.1, 0.15) is 29.6 Å². The molecule has 0 radical (unpaired) electrons. The monoisotopic (exact) mass is 357 g/mol. The van der Waals surface area contributed by atoms with Crippen molar-refractivity contribution in [2.45, 2.75) is 25.3 Å². The number of carboxylic acids is 1. The highest BCUT2D eigenvalue weighted by Crippen LogP contribution is 2.15. The molecule has 2 N–H and O–H groups in total. The first-order chi connectivity index (χ1) is 12.5. The van der Waals surface area contributed by atoms with Crippen LogP contribution in [0.5, 0.6) is 0 Å². The normalized spacial score (nSPS) is 11.4. The first kappa shape index (κ1) is 19.0. The molecule has 0 fully saturated rings. The molecule has 2 rings (SSSR count). The number of nitrogens with one attached hydrogen (secondary N) is 1. The first-order valence-corrected chi connectivity index (χ1v) is 7.99. The van der Waals surface area contributed by atoms with Crippen molar-refractivity contribution in [2.75, 3.05) is 7.11 Å². The standard InChI is InChI=1S/C18H19N3O5/c1-26-15(22)5-2-4-14(18(24)25)21-17(23)13-8-6-12(7-9-13)16-19-10-3-11-20-16/h3,6-11,14H,2,4-5H2,1H3,(H,21,23)(H,24,25)/t14-/m0/s1. The Morgan fingerprint density at radius 1 is 1.15 bits per heavy atom. The Morgan fingerprint density at radius 2 is 1.81 bits per heavy atom. The zero-order chi connectivity index (χ0) is 18.9. The van der Waals surface area contributed by atoms with Gasteiger partial charge in [0.25, 0.3) is 5.91 Å². The third-order valence-corrected chi connectivity index (χ3v) is 3.68. The Bertz CT molecular complexity index is 762. The highest BCUT2D eigenvalue weighted by Gasteiger charge is 2.21. The number of methoxy groups -OCH3 is 1. The number of aromatic nitrogens is 2. The minimum absolute atomic E-state index is 0.0991. The Balaban J connectivity index is 1.98. The van der Waals surface area contributed by atoms with Crippen molar-refractivity contribution >= 4 is 17.8 Å². The van der Waals surface area contributed by atoms with Gasteiger partial charge < -0.3 is 15.2 Å². The summed E-state index contributed by atoms with van der Waals surface area (Å²) in [5.74, 6) is -1.54. The van der Waals surface area contributed by atoms with Gasteiger partial charge in [0, 0.05) is 29.9 Å². The molecule has 0 aliphatic rings. The maximum absolute atomic E-state index is 12.3. The second kappa shape index (κ2) is 9.26. The highest BCUT2D eigenvalue weighted by atomic mass is 16.5. The quantitative estimate of drug-likeness (QED) is 0.690. The summed E-state index contributed by atoms with van der Waals surface area (Å²) in [6.07, 6.45) is 3.77. The summed E-state index contributed by atoms with van der Waals surface area (Å²) in [5, 5.41) is 11.7. The zero-order valence-electron chi connectivity index (χ0n) is 14.2. The summed E-state index contributed by atoms with van der Waals surface area (Å²) in [7, 11) is 1.27. The molecular formula is C18H19N3O5. The van der Waals surface area contributed by atoms with Crippen molar-refractivity contribution < 1.29 is 24.2 Å². The van der Waals surface area contributed by atoms with Crippen LogP contribution in [0, 0.1) is 0 Å². The average Bonchev–Trinajstić information content (AvgIpc) is 2.67. The number of ether oxygens (including phenoxy) is 1. The molecule has 0 bridgehead atoms. The maximum atomic E-state index is 12.3. The number of carboxylic acid groups (broad SMARTS) is 1. The van der Waals surface area contributed by atoms with E-state index in [2.05, 4.69) is 20.0 Å². The van der Waals surface area contributed by atoms with E-state index in [1.54, 1.807) is 42.7 Å². The number of hydrogen-bond donors (Lipinski definition) is 2. The van der Waals surface area contributed by atoms with Gasteiger partial charge in [0.15, 0.2) is 5.82 Å². The molecule has 1 heterocycles. The van der Waals surface area contributed by atoms with E-state index >= 15 is 0 Å². The molecule has 2 aromatic rings. The van der Waals surface area contributed by atoms with Crippen LogP contribution in [0.4, 0.5) is 0 Å². The van der Waals surface area contributed by atoms with Crippen LogP contribution in [0.25, 0.3) is 11.4 Å². The van der Waals surface area contributed by atoms with Crippen molar-refractivity contribution in [1.82, 2.24) is 15.3 Å². The lowest BCUT2D eigenvalue weighted by molar-refractivity contribution is -0.142. The molecule has 0 unspecified atom stereocenters. The molecule has 0 aliphatic carbocycles. The summed E-state index contributed by atoms with van der Waals surface area (Å²) in [4.78, 5) is 42.9. The molecule has 1 amide bonds. The number of hydrogen-bond acceptors (Lipinski definition) is 6. The third kappa shape index (κ3) is 5.37. The van der Waals surface area contributed by atoms with Gasteiger partial charge in [-0.3, -0.25) is 9.59 Å². The molecule has 0 aliphatic heterocycles. The van der Waals surface area contributed by atoms with Gasteiger partial charge in [-0.25, -0.2) is 14.8 Å². The molecule has 0 saturated carbocycles. The Labute approximate surface area is 150 Å². The van der Waals surface area contributed by atoms with E-state index in [0.29, 0.717) is 17.8 Å². The number of benzene rings is 1. The molecule has 8 heteroatoms. The van der Waals surface area contributed by atoms with E-state index in [1.165, 1.54) is 7.11 Å². The van der Waals surface area contributed by atoms with Crippen LogP contribution in [0.2, 0.25) is 0 Å². The number of aliphatic carboxylic acids is 1. The second-order valence-electron chi connectivity index (χ2n) is 5.48. The fraction of sp³-hybridized carbons (Fsp3) is 0.278. The van der Waals surface area contributed by atoms with E-state index in [4.69, 9.17) is 0 Å². The highest BCUT2D eigenvalue weighted by molar-refractivity contribution is 5.96. The maximum Gasteiger partial charge on any atom is 0.326 e. The van der Waals surface area contributed by atoms with E-state index in [0.717, 1.165) is 5.56 Å². The van der Waals surface area contributed by atoms with Crippen molar-refractivity contribution in [3.63, 3.8) is 0 Å². The minimum Gasteiger partial charge on any atom is -0.480 e. The van der Waals surface area contributed by atoms with Gasteiger partial charge in [-0.1, -0.05) is 12.1 Å². The van der Waals surface area contributed by atoms with Crippen LogP contribution in [-0.2, 0) is 14.3 Å². The topological polar surface area (TPSA) is 118 Å². The summed E-state index contributed by atoms with van der Waals surface area (Å²) in [6, 6.07) is 7.17. The van der Waals surface area contributed by atoms with Crippen LogP contribution in [-0.4, -0.2) is 46.1 Å². The van der Waals surface area contributed by atoms with Crippen LogP contribution in [0.3, 0.4) is 0 Å². The smallest absolute Gasteiger partial charge is 0.326 e. The number of rotatable bonds is 8. The van der Waals surface area contributed by atoms with Gasteiger partial charge in [-0.05, 0) is 31.0 Å². The number of nitrogens with zero attached hydrogens (tertiary/aromatic N) is 2. The van der Waals surface area contributed by atoms with Gasteiger partial charge in [-0.2, -0.15) is 0 Å². The van der Waals surface area contributed by atoms with Crippen molar-refractivity contribution in [2.24, 2.45) is 0 Å². The van der Waals surface area contributed by atoms with Crippen molar-refractivity contribution in [1.29, 1.82) is 0 Å². The average molecular weight is 357 g/mol. The van der Waals surface area contributed by atoms with Gasteiger partial charge in [0.2, 0.25) is 0 Å². The number of carbonyl (C=O) groups excluding carboxylic acids is 2. The van der Waals surface area contributed by atoms with Crippen LogP contribution >= 0.6 is 0 Å². The molecule has 1 aromatic heterocycles. The largest absolute Gasteiger partial charge is 0.480 e. The van der Waals surface area contributed by atoms with Crippen LogP contribution < -0.4 is 5.32 Å². The lowest BCUT2D eigenvalue weighted by atomic mass is 10.1. The molecule has 0 spiro atoms. The summed E-state index contributed by atoms with van der Waals surface area (Å²) in [5.41, 5.74) is 1.07. The fourth-order valence-electron chi connectivity index (χ4n) is 2.27. The Kier molecular flexibility index (Phi) is 6.78. The Hall–Kier alpha value is -3.29. The Morgan fingerprint density at radius 3 is 2.38 bits per heavy atom. The van der Waals surface area contributed by atoms with E-state index < -0.39 is 23.9 Å². The van der Waals surface area contributed by atoms with Gasteiger partial charge >= 0.3 is 11.9 Å². The molecule has 136 valence electrons. The number of amides is 1. The SMILES string of the molecule is COC(=O)CCC[C@H](NC(=O)c1ccc(-c2ncccn2)cc1)C(=O)O. The lowest BCUT2D eigenvalue weighted by Crippen LogP contribution is -2.40. The lowest BCUT2D eigenvalue weighted by Gasteiger charge is -2.14. The summed E-state index contributed by atoms with van der Waals surface area (Å²) in [6.45, 7) is 0. The number of carbonyl (C=O) groups is 3. The molecule has 0 saturated heterocycles. The predicted octanol–water partition coefficient (Wildman–Crippen LogP) is 1.67. The van der Waals surface area contributed by atoms with E-state index in [-0.39, 0.29) is 12.8 Å². The third-order valence-electron chi connectivity index (χ3n) is 3.68. The molecule has 26 heavy (non-hydrogen) atoms. The fourth-order valence-corrected chi connectivity index (χ4v) is 2.27. The van der Waals surface area contributed by atoms with E-state index in [9.17, 15) is 19.5 Å². The zero-order valence-corrected chi connectivity index (χ0v) is 14.2. The predicted molar refractivity (Wildman–Crippen MR) is 92.2 cm³/mol. The van der Waals surface area contributed by atoms with Crippen molar-refractivity contribution in [3.8, 4) is 11.4 Å². The first-order valence-electron chi connectivity index (χ1n) is 7.99. The second-order valence-corrected chi connectivity index (χ2v) is 5.48. The molecule has 1 atom stereocenters. The molecule has 1 aromatic carbocycles. The minimum atomic E-state index is -1.16. The van der Waals surface area contributed by atoms with Gasteiger partial charge in [0.05, 0.1) is 7.11 Å². The van der Waals surface area contributed by atoms with Gasteiger partial charge in [-0.15, -0.1) is 0 Å². The summed E-state index contributed by atoms with van der Waals surface area (Å²) < 4.78 is 4.51. The van der Waals surface area contributed by atoms with E-state index in [1.807, 2.05) is 0 Å².